The van der Waals surface area contributed by atoms with Crippen LogP contribution in [0.3, 0.4) is 0 Å². The van der Waals surface area contributed by atoms with Crippen molar-refractivity contribution < 1.29 is 28.0 Å². The van der Waals surface area contributed by atoms with Crippen molar-refractivity contribution in [1.82, 2.24) is 4.90 Å². The molecule has 3 aliphatic rings. The molecule has 0 aromatic heterocycles. The van der Waals surface area contributed by atoms with E-state index >= 15 is 4.39 Å². The summed E-state index contributed by atoms with van der Waals surface area (Å²) in [5.41, 5.74) is -1.86. The van der Waals surface area contributed by atoms with Crippen LogP contribution in [0.2, 0.25) is 0 Å². The van der Waals surface area contributed by atoms with Crippen molar-refractivity contribution in [3.63, 3.8) is 0 Å². The summed E-state index contributed by atoms with van der Waals surface area (Å²) in [5.74, 6) is 0. The van der Waals surface area contributed by atoms with Crippen molar-refractivity contribution in [2.75, 3.05) is 19.7 Å². The van der Waals surface area contributed by atoms with Crippen LogP contribution in [-0.2, 0) is 18.8 Å². The summed E-state index contributed by atoms with van der Waals surface area (Å²) in [7, 11) is -0.986. The molecule has 1 amide bonds. The first-order chi connectivity index (χ1) is 12.7. The minimum atomic E-state index is -0.986. The topological polar surface area (TPSA) is 57.2 Å². The molecule has 3 heterocycles. The first-order valence-corrected chi connectivity index (χ1v) is 10.1. The lowest BCUT2D eigenvalue weighted by atomic mass is 9.80. The average molecular weight is 397 g/mol. The lowest BCUT2D eigenvalue weighted by molar-refractivity contribution is -0.0482. The largest absolute Gasteiger partial charge is 0.525 e. The van der Waals surface area contributed by atoms with Crippen molar-refractivity contribution in [2.45, 2.75) is 90.1 Å². The maximum atomic E-state index is 15.1. The van der Waals surface area contributed by atoms with E-state index < -0.39 is 29.5 Å². The van der Waals surface area contributed by atoms with E-state index in [1.54, 1.807) is 4.90 Å². The van der Waals surface area contributed by atoms with Crippen molar-refractivity contribution in [2.24, 2.45) is 0 Å². The monoisotopic (exact) mass is 397 g/mol. The fraction of sp³-hybridized carbons (Fsp3) is 0.850. The molecular formula is C20H33BFNO5. The highest BCUT2D eigenvalue weighted by molar-refractivity contribution is 6.53. The maximum Gasteiger partial charge on any atom is 0.525 e. The zero-order valence-electron chi connectivity index (χ0n) is 18.2. The highest BCUT2D eigenvalue weighted by Gasteiger charge is 2.54. The minimum Gasteiger partial charge on any atom is -0.444 e. The molecule has 28 heavy (non-hydrogen) atoms. The fourth-order valence-electron chi connectivity index (χ4n) is 3.74. The Bertz CT molecular complexity index is 646. The highest BCUT2D eigenvalue weighted by atomic mass is 19.1. The van der Waals surface area contributed by atoms with Gasteiger partial charge in [-0.2, -0.15) is 0 Å². The molecule has 158 valence electrons. The molecular weight excluding hydrogens is 364 g/mol. The number of nitrogens with zero attached hydrogens (tertiary/aromatic N) is 1. The van der Waals surface area contributed by atoms with E-state index in [4.69, 9.17) is 18.8 Å². The van der Waals surface area contributed by atoms with Crippen LogP contribution in [0.1, 0.15) is 67.7 Å². The van der Waals surface area contributed by atoms with Crippen LogP contribution in [-0.4, -0.2) is 60.2 Å². The second kappa shape index (κ2) is 6.99. The summed E-state index contributed by atoms with van der Waals surface area (Å²) in [6.45, 7) is 14.5. The number of hydrogen-bond donors (Lipinski definition) is 0. The van der Waals surface area contributed by atoms with E-state index in [0.717, 1.165) is 0 Å². The Morgan fingerprint density at radius 1 is 1.11 bits per heavy atom. The standard InChI is InChI=1S/C20H33BFNO5/c1-17(2,3)26-16(24)23-10-8-20(9-11-23)12-14(13-25-20)15(22)21-27-18(4,5)19(6,7)28-21/h8-13H2,1-7H3. The number of halogens is 1. The number of carbonyl (C=O) groups is 1. The van der Waals surface area contributed by atoms with Crippen molar-refractivity contribution >= 4 is 13.2 Å². The molecule has 8 heteroatoms. The number of carbonyl (C=O) groups excluding carboxylic acids is 1. The van der Waals surface area contributed by atoms with Crippen molar-refractivity contribution in [3.8, 4) is 0 Å². The first-order valence-electron chi connectivity index (χ1n) is 10.1. The molecule has 3 rings (SSSR count). The molecule has 0 aliphatic carbocycles. The van der Waals surface area contributed by atoms with Crippen LogP contribution in [0.4, 0.5) is 9.18 Å². The van der Waals surface area contributed by atoms with Crippen LogP contribution in [0.5, 0.6) is 0 Å². The second-order valence-electron chi connectivity index (χ2n) is 10.2. The summed E-state index contributed by atoms with van der Waals surface area (Å²) >= 11 is 0. The number of piperidine rings is 1. The molecule has 3 aliphatic heterocycles. The predicted octanol–water partition coefficient (Wildman–Crippen LogP) is 4.03. The highest BCUT2D eigenvalue weighted by Crippen LogP contribution is 2.43. The molecule has 0 atom stereocenters. The van der Waals surface area contributed by atoms with Gasteiger partial charge in [0.2, 0.25) is 0 Å². The number of hydrogen-bond acceptors (Lipinski definition) is 5. The number of rotatable bonds is 1. The Balaban J connectivity index is 1.61. The quantitative estimate of drug-likeness (QED) is 0.626. The fourth-order valence-corrected chi connectivity index (χ4v) is 3.74. The maximum absolute atomic E-state index is 15.1. The average Bonchev–Trinajstić information content (AvgIpc) is 3.04. The van der Waals surface area contributed by atoms with Gasteiger partial charge in [-0.3, -0.25) is 0 Å². The zero-order valence-corrected chi connectivity index (χ0v) is 18.2. The third-order valence-electron chi connectivity index (χ3n) is 6.21. The van der Waals surface area contributed by atoms with E-state index in [-0.39, 0.29) is 18.4 Å². The van der Waals surface area contributed by atoms with Gasteiger partial charge in [0.05, 0.1) is 23.4 Å². The summed E-state index contributed by atoms with van der Waals surface area (Å²) < 4.78 is 38.2. The molecule has 0 bridgehead atoms. The number of ether oxygens (including phenoxy) is 2. The Morgan fingerprint density at radius 3 is 2.14 bits per heavy atom. The smallest absolute Gasteiger partial charge is 0.444 e. The lowest BCUT2D eigenvalue weighted by Crippen LogP contribution is -2.47. The van der Waals surface area contributed by atoms with E-state index in [1.165, 1.54) is 0 Å². The third kappa shape index (κ3) is 4.24. The molecule has 0 saturated carbocycles. The molecule has 1 spiro atoms. The van der Waals surface area contributed by atoms with E-state index in [0.29, 0.717) is 37.9 Å². The van der Waals surface area contributed by atoms with Gasteiger partial charge in [-0.05, 0) is 66.9 Å². The van der Waals surface area contributed by atoms with E-state index in [9.17, 15) is 4.79 Å². The first kappa shape index (κ1) is 21.6. The molecule has 0 N–H and O–H groups in total. The van der Waals surface area contributed by atoms with Crippen LogP contribution in [0.15, 0.2) is 11.3 Å². The molecule has 0 radical (unpaired) electrons. The molecule has 6 nitrogen and oxygen atoms in total. The minimum absolute atomic E-state index is 0.238. The van der Waals surface area contributed by atoms with E-state index in [1.807, 2.05) is 48.5 Å². The third-order valence-corrected chi connectivity index (χ3v) is 6.21. The van der Waals surface area contributed by atoms with Gasteiger partial charge in [0.25, 0.3) is 0 Å². The summed E-state index contributed by atoms with van der Waals surface area (Å²) in [4.78, 5) is 13.9. The second-order valence-corrected chi connectivity index (χ2v) is 10.2. The normalized spacial score (nSPS) is 28.0. The van der Waals surface area contributed by atoms with Gasteiger partial charge in [0.1, 0.15) is 11.3 Å². The summed E-state index contributed by atoms with van der Waals surface area (Å²) in [6.07, 6.45) is 1.52. The molecule has 0 aromatic carbocycles. The van der Waals surface area contributed by atoms with Crippen molar-refractivity contribution in [3.05, 3.63) is 11.3 Å². The van der Waals surface area contributed by atoms with Crippen LogP contribution < -0.4 is 0 Å². The van der Waals surface area contributed by atoms with Gasteiger partial charge in [0.15, 0.2) is 0 Å². The summed E-state index contributed by atoms with van der Waals surface area (Å²) in [6, 6.07) is 0. The molecule has 0 unspecified atom stereocenters. The lowest BCUT2D eigenvalue weighted by Gasteiger charge is -2.38. The van der Waals surface area contributed by atoms with E-state index in [2.05, 4.69) is 0 Å². The molecule has 3 fully saturated rings. The van der Waals surface area contributed by atoms with Gasteiger partial charge in [-0.1, -0.05) is 0 Å². The molecule has 0 aromatic rings. The van der Waals surface area contributed by atoms with Gasteiger partial charge in [-0.25, -0.2) is 9.18 Å². The zero-order chi connectivity index (χ0) is 21.0. The van der Waals surface area contributed by atoms with Crippen LogP contribution >= 0.6 is 0 Å². The SMILES string of the molecule is CC(C)(C)OC(=O)N1CCC2(CC1)CC(=C(F)B1OC(C)(C)C(C)(C)O1)CO2. The number of likely N-dealkylation sites (tertiary alicyclic amines) is 1. The Morgan fingerprint density at radius 2 is 1.64 bits per heavy atom. The Hall–Kier alpha value is -1.12. The Kier molecular flexibility index (Phi) is 5.39. The van der Waals surface area contributed by atoms with Crippen LogP contribution in [0, 0.1) is 0 Å². The molecule has 3 saturated heterocycles. The van der Waals surface area contributed by atoms with Gasteiger partial charge in [-0.15, -0.1) is 0 Å². The van der Waals surface area contributed by atoms with Gasteiger partial charge in [0, 0.05) is 19.5 Å². The van der Waals surface area contributed by atoms with Crippen LogP contribution in [0.25, 0.3) is 0 Å². The Labute approximate surface area is 167 Å². The van der Waals surface area contributed by atoms with Gasteiger partial charge < -0.3 is 23.7 Å². The van der Waals surface area contributed by atoms with Gasteiger partial charge >= 0.3 is 13.2 Å². The number of amides is 1. The van der Waals surface area contributed by atoms with Crippen molar-refractivity contribution in [1.29, 1.82) is 0 Å². The predicted molar refractivity (Wildman–Crippen MR) is 105 cm³/mol. The summed E-state index contributed by atoms with van der Waals surface area (Å²) in [5, 5.41) is 0.